The Labute approximate surface area is 122 Å². The van der Waals surface area contributed by atoms with Gasteiger partial charge in [0.05, 0.1) is 24.3 Å². The number of ether oxygens (including phenoxy) is 1. The normalized spacial score (nSPS) is 12.5. The van der Waals surface area contributed by atoms with Gasteiger partial charge in [-0.1, -0.05) is 18.2 Å². The molecule has 3 rings (SSSR count). The van der Waals surface area contributed by atoms with Crippen LogP contribution in [0, 0.1) is 0 Å². The zero-order chi connectivity index (χ0) is 15.0. The van der Waals surface area contributed by atoms with Crippen molar-refractivity contribution >= 4 is 27.6 Å². The molecule has 4 heteroatoms. The van der Waals surface area contributed by atoms with Crippen LogP contribution >= 0.6 is 0 Å². The van der Waals surface area contributed by atoms with Crippen molar-refractivity contribution in [2.45, 2.75) is 13.0 Å². The Bertz CT molecular complexity index is 840. The summed E-state index contributed by atoms with van der Waals surface area (Å²) in [6, 6.07) is 11.2. The number of aliphatic hydroxyl groups is 1. The molecule has 0 amide bonds. The highest BCUT2D eigenvalue weighted by Gasteiger charge is 2.16. The molecule has 0 spiro atoms. The number of hydrogen-bond donors (Lipinski definition) is 1. The van der Waals surface area contributed by atoms with Crippen LogP contribution in [0.4, 0.5) is 0 Å². The van der Waals surface area contributed by atoms with Crippen molar-refractivity contribution < 1.29 is 14.6 Å². The number of rotatable bonds is 2. The minimum atomic E-state index is -0.663. The van der Waals surface area contributed by atoms with Crippen LogP contribution in [0.25, 0.3) is 21.7 Å². The van der Waals surface area contributed by atoms with E-state index in [1.807, 2.05) is 30.3 Å². The number of aliphatic hydroxyl groups excluding tert-OH is 1. The zero-order valence-electron chi connectivity index (χ0n) is 11.8. The van der Waals surface area contributed by atoms with Crippen LogP contribution in [0.15, 0.2) is 42.6 Å². The lowest BCUT2D eigenvalue weighted by molar-refractivity contribution is 0.0603. The number of hydrogen-bond acceptors (Lipinski definition) is 4. The molecule has 0 saturated carbocycles. The SMILES string of the molecule is COC(=O)c1cc([C@@H](C)O)cc2cnc3ccccc3c12. The number of nitrogens with zero attached hydrogens (tertiary/aromatic N) is 1. The fourth-order valence-electron chi connectivity index (χ4n) is 2.54. The fourth-order valence-corrected chi connectivity index (χ4v) is 2.54. The van der Waals surface area contributed by atoms with Gasteiger partial charge in [-0.15, -0.1) is 0 Å². The number of pyridine rings is 1. The molecule has 1 N–H and O–H groups in total. The van der Waals surface area contributed by atoms with E-state index in [1.165, 1.54) is 7.11 Å². The second-order valence-electron chi connectivity index (χ2n) is 4.98. The van der Waals surface area contributed by atoms with Gasteiger partial charge in [-0.2, -0.15) is 0 Å². The molecule has 0 fully saturated rings. The van der Waals surface area contributed by atoms with Crippen LogP contribution in [0.3, 0.4) is 0 Å². The highest BCUT2D eigenvalue weighted by atomic mass is 16.5. The third-order valence-electron chi connectivity index (χ3n) is 3.60. The average Bonchev–Trinajstić information content (AvgIpc) is 2.52. The van der Waals surface area contributed by atoms with Gasteiger partial charge in [-0.3, -0.25) is 4.98 Å². The van der Waals surface area contributed by atoms with Crippen molar-refractivity contribution in [3.8, 4) is 0 Å². The van der Waals surface area contributed by atoms with Gasteiger partial charge >= 0.3 is 5.97 Å². The topological polar surface area (TPSA) is 59.4 Å². The molecule has 4 nitrogen and oxygen atoms in total. The van der Waals surface area contributed by atoms with Gasteiger partial charge in [0.25, 0.3) is 0 Å². The Hall–Kier alpha value is -2.46. The molecule has 1 heterocycles. The standard InChI is InChI=1S/C17H15NO3/c1-10(19)11-7-12-9-18-15-6-4-3-5-13(15)16(12)14(8-11)17(20)21-2/h3-10,19H,1-2H3/t10-/m1/s1. The quantitative estimate of drug-likeness (QED) is 0.578. The molecular formula is C17H15NO3. The first-order valence-corrected chi connectivity index (χ1v) is 6.69. The van der Waals surface area contributed by atoms with Crippen LogP contribution in [0.2, 0.25) is 0 Å². The molecule has 21 heavy (non-hydrogen) atoms. The second-order valence-corrected chi connectivity index (χ2v) is 4.98. The third-order valence-corrected chi connectivity index (χ3v) is 3.60. The van der Waals surface area contributed by atoms with Crippen molar-refractivity contribution in [1.29, 1.82) is 0 Å². The molecule has 0 saturated heterocycles. The van der Waals surface area contributed by atoms with Crippen molar-refractivity contribution in [2.75, 3.05) is 7.11 Å². The smallest absolute Gasteiger partial charge is 0.338 e. The van der Waals surface area contributed by atoms with Gasteiger partial charge in [0.1, 0.15) is 0 Å². The first-order chi connectivity index (χ1) is 10.1. The van der Waals surface area contributed by atoms with Gasteiger partial charge in [-0.25, -0.2) is 4.79 Å². The van der Waals surface area contributed by atoms with E-state index in [-0.39, 0.29) is 0 Å². The van der Waals surface area contributed by atoms with Crippen molar-refractivity contribution in [3.05, 3.63) is 53.7 Å². The Balaban J connectivity index is 2.47. The largest absolute Gasteiger partial charge is 0.465 e. The van der Waals surface area contributed by atoms with Gasteiger partial charge in [0.2, 0.25) is 0 Å². The lowest BCUT2D eigenvalue weighted by atomic mass is 9.97. The van der Waals surface area contributed by atoms with E-state index >= 15 is 0 Å². The number of aromatic nitrogens is 1. The van der Waals surface area contributed by atoms with E-state index in [1.54, 1.807) is 19.2 Å². The predicted octanol–water partition coefficient (Wildman–Crippen LogP) is 3.23. The third kappa shape index (κ3) is 2.23. The number of carbonyl (C=O) groups excluding carboxylic acids is 1. The summed E-state index contributed by atoms with van der Waals surface area (Å²) in [4.78, 5) is 16.5. The van der Waals surface area contributed by atoms with Crippen molar-refractivity contribution in [1.82, 2.24) is 4.98 Å². The van der Waals surface area contributed by atoms with E-state index in [0.29, 0.717) is 11.1 Å². The molecule has 0 aliphatic rings. The van der Waals surface area contributed by atoms with E-state index in [9.17, 15) is 9.90 Å². The molecule has 0 aliphatic carbocycles. The zero-order valence-corrected chi connectivity index (χ0v) is 11.8. The summed E-state index contributed by atoms with van der Waals surface area (Å²) in [5, 5.41) is 12.3. The van der Waals surface area contributed by atoms with E-state index in [2.05, 4.69) is 4.98 Å². The lowest BCUT2D eigenvalue weighted by Gasteiger charge is -2.12. The summed E-state index contributed by atoms with van der Waals surface area (Å²) in [7, 11) is 1.35. The monoisotopic (exact) mass is 281 g/mol. The maximum atomic E-state index is 12.1. The molecule has 0 radical (unpaired) electrons. The lowest BCUT2D eigenvalue weighted by Crippen LogP contribution is -2.05. The fraction of sp³-hybridized carbons (Fsp3) is 0.176. The summed E-state index contributed by atoms with van der Waals surface area (Å²) < 4.78 is 4.89. The first-order valence-electron chi connectivity index (χ1n) is 6.69. The number of esters is 1. The molecular weight excluding hydrogens is 266 g/mol. The highest BCUT2D eigenvalue weighted by molar-refractivity contribution is 6.15. The Morgan fingerprint density at radius 3 is 2.76 bits per heavy atom. The Morgan fingerprint density at radius 1 is 1.29 bits per heavy atom. The summed E-state index contributed by atoms with van der Waals surface area (Å²) in [5.74, 6) is -0.418. The van der Waals surface area contributed by atoms with E-state index < -0.39 is 12.1 Å². The molecule has 3 aromatic rings. The van der Waals surface area contributed by atoms with Gasteiger partial charge in [0.15, 0.2) is 0 Å². The molecule has 106 valence electrons. The van der Waals surface area contributed by atoms with Crippen LogP contribution in [0.5, 0.6) is 0 Å². The number of benzene rings is 2. The second kappa shape index (κ2) is 5.14. The molecule has 0 aliphatic heterocycles. The molecule has 0 unspecified atom stereocenters. The number of methoxy groups -OCH3 is 1. The minimum Gasteiger partial charge on any atom is -0.465 e. The van der Waals surface area contributed by atoms with E-state index in [0.717, 1.165) is 21.7 Å². The van der Waals surface area contributed by atoms with Crippen LogP contribution in [-0.4, -0.2) is 23.2 Å². The molecule has 0 bridgehead atoms. The highest BCUT2D eigenvalue weighted by Crippen LogP contribution is 2.30. The van der Waals surface area contributed by atoms with Crippen molar-refractivity contribution in [2.24, 2.45) is 0 Å². The van der Waals surface area contributed by atoms with Crippen LogP contribution in [-0.2, 0) is 4.74 Å². The molecule has 1 aromatic heterocycles. The van der Waals surface area contributed by atoms with Crippen molar-refractivity contribution in [3.63, 3.8) is 0 Å². The average molecular weight is 281 g/mol. The Morgan fingerprint density at radius 2 is 2.05 bits per heavy atom. The maximum absolute atomic E-state index is 12.1. The summed E-state index contributed by atoms with van der Waals surface area (Å²) in [5.41, 5.74) is 1.93. The minimum absolute atomic E-state index is 0.418. The first kappa shape index (κ1) is 13.5. The van der Waals surface area contributed by atoms with Gasteiger partial charge in [-0.05, 0) is 30.7 Å². The number of para-hydroxylation sites is 1. The number of fused-ring (bicyclic) bond motifs is 3. The molecule has 2 aromatic carbocycles. The Kier molecular flexibility index (Phi) is 3.31. The summed E-state index contributed by atoms with van der Waals surface area (Å²) >= 11 is 0. The van der Waals surface area contributed by atoms with Crippen LogP contribution < -0.4 is 0 Å². The van der Waals surface area contributed by atoms with Gasteiger partial charge in [0, 0.05) is 22.4 Å². The molecule has 1 atom stereocenters. The van der Waals surface area contributed by atoms with E-state index in [4.69, 9.17) is 4.74 Å². The maximum Gasteiger partial charge on any atom is 0.338 e. The number of carbonyl (C=O) groups is 1. The predicted molar refractivity (Wildman–Crippen MR) is 81.2 cm³/mol. The van der Waals surface area contributed by atoms with Gasteiger partial charge < -0.3 is 9.84 Å². The summed E-state index contributed by atoms with van der Waals surface area (Å²) in [6.45, 7) is 1.66. The summed E-state index contributed by atoms with van der Waals surface area (Å²) in [6.07, 6.45) is 1.06. The van der Waals surface area contributed by atoms with Crippen LogP contribution in [0.1, 0.15) is 28.9 Å².